The monoisotopic (exact) mass is 534 g/mol. The molecule has 4 rings (SSSR count). The van der Waals surface area contributed by atoms with Gasteiger partial charge in [-0.2, -0.15) is 18.3 Å². The lowest BCUT2D eigenvalue weighted by Crippen LogP contribution is -2.27. The number of rotatable bonds is 7. The molecule has 1 saturated carbocycles. The molecule has 12 heteroatoms. The maximum absolute atomic E-state index is 13.1. The van der Waals surface area contributed by atoms with Crippen LogP contribution in [0, 0.1) is 0 Å². The van der Waals surface area contributed by atoms with Crippen LogP contribution in [0.2, 0.25) is 0 Å². The normalized spacial score (nSPS) is 13.9. The summed E-state index contributed by atoms with van der Waals surface area (Å²) in [5.74, 6) is -2.87. The van der Waals surface area contributed by atoms with Crippen molar-refractivity contribution in [3.63, 3.8) is 0 Å². The Morgan fingerprint density at radius 2 is 1.74 bits per heavy atom. The third kappa shape index (κ3) is 7.36. The minimum Gasteiger partial charge on any atom is -0.475 e. The standard InChI is InChI=1S/C24H32N6O.C2HF3O2/c1-4-30-23-20(16-27-30)22(28-18-8-6-5-7-9-18)21(15-25-23)24(31)26-14-17-10-12-19(13-11-17)29(2)3;3-2(4,5)1(6)7/h10-13,15-16,18H,4-9,14H2,1-3H3,(H,25,28)(H,26,31);(H,6,7). The summed E-state index contributed by atoms with van der Waals surface area (Å²) >= 11 is 0. The first-order chi connectivity index (χ1) is 18.0. The Bertz CT molecular complexity index is 1240. The zero-order valence-electron chi connectivity index (χ0n) is 21.7. The van der Waals surface area contributed by atoms with Gasteiger partial charge < -0.3 is 20.6 Å². The van der Waals surface area contributed by atoms with Crippen LogP contribution >= 0.6 is 0 Å². The number of carbonyl (C=O) groups is 2. The van der Waals surface area contributed by atoms with Gasteiger partial charge in [0.1, 0.15) is 0 Å². The number of benzene rings is 1. The van der Waals surface area contributed by atoms with E-state index < -0.39 is 12.1 Å². The van der Waals surface area contributed by atoms with E-state index >= 15 is 0 Å². The zero-order chi connectivity index (χ0) is 27.9. The number of nitrogens with zero attached hydrogens (tertiary/aromatic N) is 4. The van der Waals surface area contributed by atoms with Crippen LogP contribution in [0.3, 0.4) is 0 Å². The summed E-state index contributed by atoms with van der Waals surface area (Å²) in [6, 6.07) is 8.59. The lowest BCUT2D eigenvalue weighted by Gasteiger charge is -2.25. The number of carboxylic acids is 1. The van der Waals surface area contributed by atoms with Crippen LogP contribution in [-0.4, -0.2) is 58.1 Å². The summed E-state index contributed by atoms with van der Waals surface area (Å²) in [5.41, 5.74) is 4.46. The number of aliphatic carboxylic acids is 1. The molecule has 2 heterocycles. The smallest absolute Gasteiger partial charge is 0.475 e. The molecule has 1 aliphatic rings. The fourth-order valence-electron chi connectivity index (χ4n) is 4.23. The maximum Gasteiger partial charge on any atom is 0.490 e. The zero-order valence-corrected chi connectivity index (χ0v) is 21.7. The van der Waals surface area contributed by atoms with Crippen molar-refractivity contribution in [2.75, 3.05) is 24.3 Å². The van der Waals surface area contributed by atoms with Gasteiger partial charge in [-0.1, -0.05) is 31.4 Å². The van der Waals surface area contributed by atoms with Crippen molar-refractivity contribution in [1.29, 1.82) is 0 Å². The Balaban J connectivity index is 0.000000505. The molecule has 0 bridgehead atoms. The van der Waals surface area contributed by atoms with E-state index in [1.165, 1.54) is 19.3 Å². The second-order valence-electron chi connectivity index (χ2n) is 9.27. The average Bonchev–Trinajstić information content (AvgIpc) is 3.32. The summed E-state index contributed by atoms with van der Waals surface area (Å²) in [4.78, 5) is 28.7. The fraction of sp³-hybridized carbons (Fsp3) is 0.462. The minimum atomic E-state index is -5.08. The number of carbonyl (C=O) groups excluding carboxylic acids is 1. The van der Waals surface area contributed by atoms with E-state index in [1.54, 1.807) is 6.20 Å². The molecule has 3 N–H and O–H groups in total. The lowest BCUT2D eigenvalue weighted by atomic mass is 9.95. The number of aromatic nitrogens is 3. The van der Waals surface area contributed by atoms with Gasteiger partial charge in [-0.3, -0.25) is 4.79 Å². The molecule has 0 spiro atoms. The van der Waals surface area contributed by atoms with Crippen molar-refractivity contribution in [3.8, 4) is 0 Å². The Hall–Kier alpha value is -3.83. The summed E-state index contributed by atoms with van der Waals surface area (Å²) in [5, 5.41) is 19.2. The third-order valence-electron chi connectivity index (χ3n) is 6.31. The number of pyridine rings is 1. The molecule has 0 aliphatic heterocycles. The number of fused-ring (bicyclic) bond motifs is 1. The van der Waals surface area contributed by atoms with E-state index in [0.717, 1.165) is 47.4 Å². The second-order valence-corrected chi connectivity index (χ2v) is 9.27. The maximum atomic E-state index is 13.1. The van der Waals surface area contributed by atoms with Crippen molar-refractivity contribution in [2.45, 2.75) is 64.3 Å². The molecule has 1 amide bonds. The van der Waals surface area contributed by atoms with Gasteiger partial charge in [0.05, 0.1) is 22.8 Å². The van der Waals surface area contributed by atoms with Crippen molar-refractivity contribution in [3.05, 3.63) is 47.8 Å². The predicted molar refractivity (Wildman–Crippen MR) is 139 cm³/mol. The number of amides is 1. The summed E-state index contributed by atoms with van der Waals surface area (Å²) < 4.78 is 33.6. The van der Waals surface area contributed by atoms with E-state index in [0.29, 0.717) is 18.2 Å². The van der Waals surface area contributed by atoms with Crippen LogP contribution in [-0.2, 0) is 17.9 Å². The van der Waals surface area contributed by atoms with Gasteiger partial charge in [0.15, 0.2) is 5.65 Å². The number of aryl methyl sites for hydroxylation is 1. The Labute approximate surface area is 219 Å². The molecule has 0 unspecified atom stereocenters. The molecule has 0 atom stereocenters. The first-order valence-corrected chi connectivity index (χ1v) is 12.5. The van der Waals surface area contributed by atoms with E-state index in [2.05, 4.69) is 37.7 Å². The van der Waals surface area contributed by atoms with Gasteiger partial charge >= 0.3 is 12.1 Å². The van der Waals surface area contributed by atoms with Gasteiger partial charge in [0.25, 0.3) is 5.91 Å². The molecule has 9 nitrogen and oxygen atoms in total. The van der Waals surface area contributed by atoms with Crippen molar-refractivity contribution < 1.29 is 27.9 Å². The molecule has 3 aromatic rings. The summed E-state index contributed by atoms with van der Waals surface area (Å²) in [6.45, 7) is 3.26. The van der Waals surface area contributed by atoms with Crippen LogP contribution < -0.4 is 15.5 Å². The number of anilines is 2. The number of halogens is 3. The van der Waals surface area contributed by atoms with Crippen LogP contribution in [0.4, 0.5) is 24.5 Å². The predicted octanol–water partition coefficient (Wildman–Crippen LogP) is 4.83. The first kappa shape index (κ1) is 28.7. The molecule has 2 aromatic heterocycles. The topological polar surface area (TPSA) is 112 Å². The van der Waals surface area contributed by atoms with E-state index in [4.69, 9.17) is 9.90 Å². The average molecular weight is 535 g/mol. The van der Waals surface area contributed by atoms with Crippen LogP contribution in [0.25, 0.3) is 11.0 Å². The molecule has 0 radical (unpaired) electrons. The fourth-order valence-corrected chi connectivity index (χ4v) is 4.23. The van der Waals surface area contributed by atoms with Gasteiger partial charge in [-0.15, -0.1) is 0 Å². The van der Waals surface area contributed by atoms with Crippen molar-refractivity contribution in [2.24, 2.45) is 0 Å². The highest BCUT2D eigenvalue weighted by molar-refractivity contribution is 6.06. The van der Waals surface area contributed by atoms with E-state index in [1.807, 2.05) is 44.0 Å². The minimum absolute atomic E-state index is 0.117. The Morgan fingerprint density at radius 3 is 2.29 bits per heavy atom. The molecular weight excluding hydrogens is 501 g/mol. The second kappa shape index (κ2) is 12.6. The molecule has 1 aliphatic carbocycles. The number of carboxylic acid groups (broad SMARTS) is 1. The SMILES string of the molecule is CCn1ncc2c(NC3CCCCC3)c(C(=O)NCc3ccc(N(C)C)cc3)cnc21.O=C(O)C(F)(F)F. The summed E-state index contributed by atoms with van der Waals surface area (Å²) in [7, 11) is 4.03. The van der Waals surface area contributed by atoms with Gasteiger partial charge in [-0.05, 0) is 37.5 Å². The largest absolute Gasteiger partial charge is 0.490 e. The highest BCUT2D eigenvalue weighted by Gasteiger charge is 2.38. The van der Waals surface area contributed by atoms with Gasteiger partial charge in [-0.25, -0.2) is 14.5 Å². The molecule has 1 aromatic carbocycles. The number of alkyl halides is 3. The van der Waals surface area contributed by atoms with Crippen LogP contribution in [0.15, 0.2) is 36.7 Å². The molecule has 206 valence electrons. The lowest BCUT2D eigenvalue weighted by molar-refractivity contribution is -0.192. The molecular formula is C26H33F3N6O3. The van der Waals surface area contributed by atoms with Crippen molar-refractivity contribution in [1.82, 2.24) is 20.1 Å². The Kier molecular flexibility index (Phi) is 9.54. The van der Waals surface area contributed by atoms with E-state index in [9.17, 15) is 18.0 Å². The van der Waals surface area contributed by atoms with E-state index in [-0.39, 0.29) is 5.91 Å². The van der Waals surface area contributed by atoms with Crippen molar-refractivity contribution >= 4 is 34.3 Å². The highest BCUT2D eigenvalue weighted by Crippen LogP contribution is 2.30. The molecule has 1 fully saturated rings. The first-order valence-electron chi connectivity index (χ1n) is 12.5. The third-order valence-corrected chi connectivity index (χ3v) is 6.31. The number of hydrogen-bond donors (Lipinski definition) is 3. The van der Waals surface area contributed by atoms with Gasteiger partial charge in [0, 0.05) is 45.1 Å². The van der Waals surface area contributed by atoms with Crippen LogP contribution in [0.5, 0.6) is 0 Å². The molecule has 38 heavy (non-hydrogen) atoms. The highest BCUT2D eigenvalue weighted by atomic mass is 19.4. The Morgan fingerprint density at radius 1 is 1.11 bits per heavy atom. The molecule has 0 saturated heterocycles. The number of hydrogen-bond acceptors (Lipinski definition) is 6. The van der Waals surface area contributed by atoms with Gasteiger partial charge in [0.2, 0.25) is 0 Å². The van der Waals surface area contributed by atoms with Crippen LogP contribution in [0.1, 0.15) is 54.9 Å². The quantitative estimate of drug-likeness (QED) is 0.398. The summed E-state index contributed by atoms with van der Waals surface area (Å²) in [6.07, 6.45) is 4.43. The number of nitrogens with one attached hydrogen (secondary N) is 2.